The van der Waals surface area contributed by atoms with Gasteiger partial charge < -0.3 is 10.2 Å². The van der Waals surface area contributed by atoms with Crippen LogP contribution in [0.4, 0.5) is 14.5 Å². The molecular weight excluding hydrogens is 448 g/mol. The second-order valence-electron chi connectivity index (χ2n) is 7.67. The molecule has 0 spiro atoms. The lowest BCUT2D eigenvalue weighted by Gasteiger charge is -2.35. The third-order valence-corrected chi connectivity index (χ3v) is 7.46. The zero-order valence-corrected chi connectivity index (χ0v) is 18.6. The average molecular weight is 472 g/mol. The van der Waals surface area contributed by atoms with Gasteiger partial charge in [-0.2, -0.15) is 4.31 Å². The molecule has 4 rings (SSSR count). The molecule has 1 heterocycles. The smallest absolute Gasteiger partial charge is 0.251 e. The molecule has 1 aliphatic rings. The van der Waals surface area contributed by atoms with E-state index in [0.29, 0.717) is 18.7 Å². The Morgan fingerprint density at radius 3 is 2.27 bits per heavy atom. The van der Waals surface area contributed by atoms with Crippen molar-refractivity contribution < 1.29 is 22.0 Å². The van der Waals surface area contributed by atoms with Gasteiger partial charge in [0, 0.05) is 49.5 Å². The molecule has 3 aromatic rings. The molecule has 1 saturated heterocycles. The van der Waals surface area contributed by atoms with E-state index in [1.54, 1.807) is 30.3 Å². The zero-order chi connectivity index (χ0) is 23.4. The fraction of sp³-hybridized carbons (Fsp3) is 0.208. The second kappa shape index (κ2) is 9.68. The maximum absolute atomic E-state index is 13.8. The Morgan fingerprint density at radius 2 is 1.58 bits per heavy atom. The first-order chi connectivity index (χ1) is 15.8. The van der Waals surface area contributed by atoms with Crippen molar-refractivity contribution in [2.75, 3.05) is 31.1 Å². The first kappa shape index (κ1) is 22.9. The molecule has 0 atom stereocenters. The highest BCUT2D eigenvalue weighted by atomic mass is 32.2. The van der Waals surface area contributed by atoms with Gasteiger partial charge in [-0.1, -0.05) is 24.3 Å². The van der Waals surface area contributed by atoms with Crippen LogP contribution in [0, 0.1) is 11.6 Å². The van der Waals surface area contributed by atoms with E-state index in [2.05, 4.69) is 5.32 Å². The first-order valence-electron chi connectivity index (χ1n) is 10.5. The molecule has 33 heavy (non-hydrogen) atoms. The number of carbonyl (C=O) groups is 1. The minimum absolute atomic E-state index is 0.00612. The van der Waals surface area contributed by atoms with Crippen molar-refractivity contribution >= 4 is 21.6 Å². The van der Waals surface area contributed by atoms with Crippen molar-refractivity contribution in [2.24, 2.45) is 0 Å². The van der Waals surface area contributed by atoms with Gasteiger partial charge in [0.2, 0.25) is 10.0 Å². The normalized spacial score (nSPS) is 14.8. The van der Waals surface area contributed by atoms with Crippen LogP contribution in [0.3, 0.4) is 0 Å². The Bertz CT molecular complexity index is 1240. The van der Waals surface area contributed by atoms with Crippen molar-refractivity contribution in [1.82, 2.24) is 9.62 Å². The third-order valence-electron chi connectivity index (χ3n) is 5.56. The minimum Gasteiger partial charge on any atom is -0.369 e. The van der Waals surface area contributed by atoms with Gasteiger partial charge in [-0.05, 0) is 48.5 Å². The van der Waals surface area contributed by atoms with Crippen molar-refractivity contribution in [1.29, 1.82) is 0 Å². The average Bonchev–Trinajstić information content (AvgIpc) is 2.84. The molecule has 1 fully saturated rings. The standard InChI is InChI=1S/C24H23F2N3O3S/c25-20-8-10-21(11-9-20)28-12-14-29(15-13-28)33(31,32)22-6-3-5-18(16-22)24(30)27-17-19-4-1-2-7-23(19)26/h1-11,16H,12-15,17H2,(H,27,30). The van der Waals surface area contributed by atoms with Crippen LogP contribution in [-0.4, -0.2) is 44.8 Å². The van der Waals surface area contributed by atoms with E-state index >= 15 is 0 Å². The Labute approximate surface area is 191 Å². The molecule has 1 aliphatic heterocycles. The van der Waals surface area contributed by atoms with Gasteiger partial charge in [0.1, 0.15) is 11.6 Å². The van der Waals surface area contributed by atoms with E-state index in [9.17, 15) is 22.0 Å². The molecule has 9 heteroatoms. The summed E-state index contributed by atoms with van der Waals surface area (Å²) in [4.78, 5) is 14.6. The second-order valence-corrected chi connectivity index (χ2v) is 9.61. The van der Waals surface area contributed by atoms with Crippen LogP contribution < -0.4 is 10.2 Å². The number of nitrogens with zero attached hydrogens (tertiary/aromatic N) is 2. The number of hydrogen-bond donors (Lipinski definition) is 1. The molecule has 0 saturated carbocycles. The van der Waals surface area contributed by atoms with Gasteiger partial charge in [-0.15, -0.1) is 0 Å². The number of hydrogen-bond acceptors (Lipinski definition) is 4. The molecule has 0 unspecified atom stereocenters. The number of benzene rings is 3. The van der Waals surface area contributed by atoms with Crippen molar-refractivity contribution in [3.05, 3.63) is 95.6 Å². The summed E-state index contributed by atoms with van der Waals surface area (Å²) in [6.45, 7) is 1.46. The molecule has 0 aromatic heterocycles. The van der Waals surface area contributed by atoms with Crippen LogP contribution in [0.5, 0.6) is 0 Å². The largest absolute Gasteiger partial charge is 0.369 e. The summed E-state index contributed by atoms with van der Waals surface area (Å²) in [6, 6.07) is 18.0. The maximum atomic E-state index is 13.8. The lowest BCUT2D eigenvalue weighted by Crippen LogP contribution is -2.48. The highest BCUT2D eigenvalue weighted by molar-refractivity contribution is 7.89. The number of anilines is 1. The molecule has 6 nitrogen and oxygen atoms in total. The van der Waals surface area contributed by atoms with Crippen LogP contribution in [-0.2, 0) is 16.6 Å². The highest BCUT2D eigenvalue weighted by Crippen LogP contribution is 2.22. The van der Waals surface area contributed by atoms with Gasteiger partial charge in [0.25, 0.3) is 5.91 Å². The summed E-state index contributed by atoms with van der Waals surface area (Å²) in [7, 11) is -3.80. The van der Waals surface area contributed by atoms with E-state index in [-0.39, 0.29) is 35.9 Å². The van der Waals surface area contributed by atoms with Crippen LogP contribution in [0.2, 0.25) is 0 Å². The molecule has 1 N–H and O–H groups in total. The van der Waals surface area contributed by atoms with Crippen molar-refractivity contribution in [3.63, 3.8) is 0 Å². The van der Waals surface area contributed by atoms with Crippen LogP contribution in [0.1, 0.15) is 15.9 Å². The molecular formula is C24H23F2N3O3S. The van der Waals surface area contributed by atoms with Gasteiger partial charge in [0.15, 0.2) is 0 Å². The first-order valence-corrected chi connectivity index (χ1v) is 11.9. The lowest BCUT2D eigenvalue weighted by molar-refractivity contribution is 0.0950. The van der Waals surface area contributed by atoms with E-state index < -0.39 is 21.7 Å². The van der Waals surface area contributed by atoms with Crippen LogP contribution >= 0.6 is 0 Å². The van der Waals surface area contributed by atoms with E-state index in [1.165, 1.54) is 46.8 Å². The number of rotatable bonds is 6. The quantitative estimate of drug-likeness (QED) is 0.598. The summed E-state index contributed by atoms with van der Waals surface area (Å²) < 4.78 is 54.6. The molecule has 0 bridgehead atoms. The SMILES string of the molecule is O=C(NCc1ccccc1F)c1cccc(S(=O)(=O)N2CCN(c3ccc(F)cc3)CC2)c1. The molecule has 1 amide bonds. The molecule has 172 valence electrons. The number of carbonyl (C=O) groups excluding carboxylic acids is 1. The van der Waals surface area contributed by atoms with Crippen LogP contribution in [0.15, 0.2) is 77.7 Å². The predicted octanol–water partition coefficient (Wildman–Crippen LogP) is 3.41. The van der Waals surface area contributed by atoms with E-state index in [1.807, 2.05) is 4.90 Å². The predicted molar refractivity (Wildman–Crippen MR) is 121 cm³/mol. The van der Waals surface area contributed by atoms with Crippen molar-refractivity contribution in [3.8, 4) is 0 Å². The van der Waals surface area contributed by atoms with Gasteiger partial charge in [-0.25, -0.2) is 17.2 Å². The van der Waals surface area contributed by atoms with Crippen molar-refractivity contribution in [2.45, 2.75) is 11.4 Å². The Hall–Kier alpha value is -3.30. The van der Waals surface area contributed by atoms with Gasteiger partial charge >= 0.3 is 0 Å². The van der Waals surface area contributed by atoms with Gasteiger partial charge in [0.05, 0.1) is 4.90 Å². The Morgan fingerprint density at radius 1 is 0.879 bits per heavy atom. The minimum atomic E-state index is -3.80. The number of halogens is 2. The third kappa shape index (κ3) is 5.20. The Balaban J connectivity index is 1.42. The number of sulfonamides is 1. The summed E-state index contributed by atoms with van der Waals surface area (Å²) in [5.74, 6) is -1.23. The molecule has 0 aliphatic carbocycles. The maximum Gasteiger partial charge on any atom is 0.251 e. The number of nitrogens with one attached hydrogen (secondary N) is 1. The Kier molecular flexibility index (Phi) is 6.71. The summed E-state index contributed by atoms with van der Waals surface area (Å²) >= 11 is 0. The van der Waals surface area contributed by atoms with Gasteiger partial charge in [-0.3, -0.25) is 4.79 Å². The van der Waals surface area contributed by atoms with E-state index in [4.69, 9.17) is 0 Å². The van der Waals surface area contributed by atoms with Crippen LogP contribution in [0.25, 0.3) is 0 Å². The monoisotopic (exact) mass is 471 g/mol. The topological polar surface area (TPSA) is 69.7 Å². The zero-order valence-electron chi connectivity index (χ0n) is 17.7. The summed E-state index contributed by atoms with van der Waals surface area (Å²) in [5.41, 5.74) is 1.35. The van der Waals surface area contributed by atoms with E-state index in [0.717, 1.165) is 5.69 Å². The lowest BCUT2D eigenvalue weighted by atomic mass is 10.2. The summed E-state index contributed by atoms with van der Waals surface area (Å²) in [5, 5.41) is 2.62. The fourth-order valence-electron chi connectivity index (χ4n) is 3.70. The number of amides is 1. The molecule has 3 aromatic carbocycles. The molecule has 0 radical (unpaired) electrons. The highest BCUT2D eigenvalue weighted by Gasteiger charge is 2.29. The summed E-state index contributed by atoms with van der Waals surface area (Å²) in [6.07, 6.45) is 0. The number of piperazine rings is 1. The fourth-order valence-corrected chi connectivity index (χ4v) is 5.17.